The van der Waals surface area contributed by atoms with Crippen LogP contribution in [0.4, 0.5) is 17.2 Å². The molecule has 1 amide bonds. The number of nitrogens with one attached hydrogen (secondary N) is 1. The molecule has 0 radical (unpaired) electrons. The number of nitrogens with zero attached hydrogens (tertiary/aromatic N) is 5. The van der Waals surface area contributed by atoms with Gasteiger partial charge in [-0.25, -0.2) is 0 Å². The van der Waals surface area contributed by atoms with Crippen molar-refractivity contribution >= 4 is 23.1 Å². The molecular formula is C19H18N6O6. The number of amides is 1. The van der Waals surface area contributed by atoms with Gasteiger partial charge in [0.15, 0.2) is 0 Å². The number of carbonyl (C=O) groups is 1. The molecule has 1 unspecified atom stereocenters. The first-order valence-corrected chi connectivity index (χ1v) is 9.10. The smallest absolute Gasteiger partial charge is 0.390 e. The molecule has 2 aromatic heterocycles. The summed E-state index contributed by atoms with van der Waals surface area (Å²) in [5.74, 6) is -0.834. The number of anilines is 1. The number of non-ortho nitro benzene ring substituents is 1. The van der Waals surface area contributed by atoms with E-state index in [-0.39, 0.29) is 29.5 Å². The van der Waals surface area contributed by atoms with Crippen LogP contribution in [0.3, 0.4) is 0 Å². The summed E-state index contributed by atoms with van der Waals surface area (Å²) in [4.78, 5) is 37.4. The maximum atomic E-state index is 12.6. The molecular weight excluding hydrogens is 408 g/mol. The Morgan fingerprint density at radius 1 is 1.19 bits per heavy atom. The van der Waals surface area contributed by atoms with Crippen molar-refractivity contribution in [3.63, 3.8) is 0 Å². The van der Waals surface area contributed by atoms with E-state index in [0.717, 1.165) is 0 Å². The van der Waals surface area contributed by atoms with E-state index in [1.807, 2.05) is 0 Å². The summed E-state index contributed by atoms with van der Waals surface area (Å²) in [6.07, 6.45) is 3.01. The number of nitro groups is 2. The Kier molecular flexibility index (Phi) is 6.19. The predicted octanol–water partition coefficient (Wildman–Crippen LogP) is 3.47. The van der Waals surface area contributed by atoms with Gasteiger partial charge in [-0.2, -0.15) is 4.68 Å². The van der Waals surface area contributed by atoms with Gasteiger partial charge in [0.2, 0.25) is 5.91 Å². The average molecular weight is 426 g/mol. The Morgan fingerprint density at radius 2 is 1.97 bits per heavy atom. The second-order valence-electron chi connectivity index (χ2n) is 6.74. The fourth-order valence-corrected chi connectivity index (χ4v) is 2.74. The number of carbonyl (C=O) groups excluding carboxylic acids is 1. The predicted molar refractivity (Wildman–Crippen MR) is 109 cm³/mol. The maximum Gasteiger partial charge on any atom is 0.390 e. The molecule has 1 N–H and O–H groups in total. The topological polar surface area (TPSA) is 155 Å². The Labute approximate surface area is 175 Å². The van der Waals surface area contributed by atoms with Crippen LogP contribution in [0, 0.1) is 33.1 Å². The highest BCUT2D eigenvalue weighted by Gasteiger charge is 2.22. The summed E-state index contributed by atoms with van der Waals surface area (Å²) in [7, 11) is 0. The van der Waals surface area contributed by atoms with Crippen molar-refractivity contribution in [3.05, 3.63) is 74.7 Å². The van der Waals surface area contributed by atoms with Crippen molar-refractivity contribution in [1.29, 1.82) is 0 Å². The summed E-state index contributed by atoms with van der Waals surface area (Å²) in [6.45, 7) is 3.36. The molecule has 1 atom stereocenters. The lowest BCUT2D eigenvalue weighted by atomic mass is 10.1. The molecule has 0 spiro atoms. The lowest BCUT2D eigenvalue weighted by molar-refractivity contribution is -0.389. The molecule has 0 saturated carbocycles. The third kappa shape index (κ3) is 5.38. The van der Waals surface area contributed by atoms with Crippen LogP contribution in [-0.2, 0) is 11.3 Å². The van der Waals surface area contributed by atoms with Crippen LogP contribution in [-0.4, -0.2) is 30.5 Å². The standard InChI is InChI=1S/C19H18N6O6/c1-12(11-23-13(2)6-18(22-23)25(29)30)19(26)21-14-7-15(24(27)28)9-17(8-14)31-16-4-3-5-20-10-16/h3-10,12H,11H2,1-2H3,(H,21,26). The molecule has 3 aromatic rings. The van der Waals surface area contributed by atoms with Crippen LogP contribution >= 0.6 is 0 Å². The van der Waals surface area contributed by atoms with E-state index in [1.165, 1.54) is 35.1 Å². The molecule has 31 heavy (non-hydrogen) atoms. The quantitative estimate of drug-likeness (QED) is 0.424. The molecule has 12 nitrogen and oxygen atoms in total. The van der Waals surface area contributed by atoms with E-state index in [9.17, 15) is 25.0 Å². The highest BCUT2D eigenvalue weighted by molar-refractivity contribution is 5.92. The zero-order chi connectivity index (χ0) is 22.5. The van der Waals surface area contributed by atoms with E-state index in [0.29, 0.717) is 11.4 Å². The molecule has 0 aliphatic rings. The summed E-state index contributed by atoms with van der Waals surface area (Å²) >= 11 is 0. The SMILES string of the molecule is Cc1cc([N+](=O)[O-])nn1CC(C)C(=O)Nc1cc(Oc2cccnc2)cc([N+](=O)[O-])c1. The highest BCUT2D eigenvalue weighted by atomic mass is 16.6. The van der Waals surface area contributed by atoms with Crippen LogP contribution in [0.5, 0.6) is 11.5 Å². The maximum absolute atomic E-state index is 12.6. The number of rotatable bonds is 8. The number of aryl methyl sites for hydroxylation is 1. The van der Waals surface area contributed by atoms with Gasteiger partial charge in [-0.15, -0.1) is 0 Å². The van der Waals surface area contributed by atoms with Crippen LogP contribution in [0.25, 0.3) is 0 Å². The molecule has 1 aromatic carbocycles. The van der Waals surface area contributed by atoms with Gasteiger partial charge < -0.3 is 20.2 Å². The highest BCUT2D eigenvalue weighted by Crippen LogP contribution is 2.29. The van der Waals surface area contributed by atoms with Gasteiger partial charge in [-0.1, -0.05) is 6.92 Å². The molecule has 0 aliphatic carbocycles. The minimum Gasteiger partial charge on any atom is -0.455 e. The summed E-state index contributed by atoms with van der Waals surface area (Å²) in [6, 6.07) is 8.50. The first kappa shape index (κ1) is 21.4. The number of ether oxygens (including phenoxy) is 1. The van der Waals surface area contributed by atoms with Gasteiger partial charge in [0.05, 0.1) is 52.2 Å². The normalized spacial score (nSPS) is 11.5. The number of pyridine rings is 1. The van der Waals surface area contributed by atoms with E-state index in [1.54, 1.807) is 32.2 Å². The molecule has 0 aliphatic heterocycles. The fraction of sp³-hybridized carbons (Fsp3) is 0.211. The molecule has 160 valence electrons. The second-order valence-corrected chi connectivity index (χ2v) is 6.74. The number of aromatic nitrogens is 3. The van der Waals surface area contributed by atoms with E-state index in [4.69, 9.17) is 4.74 Å². The molecule has 0 bridgehead atoms. The molecule has 12 heteroatoms. The Bertz CT molecular complexity index is 1130. The number of benzene rings is 1. The summed E-state index contributed by atoms with van der Waals surface area (Å²) in [5.41, 5.74) is 0.449. The van der Waals surface area contributed by atoms with Gasteiger partial charge in [0, 0.05) is 18.3 Å². The van der Waals surface area contributed by atoms with Crippen molar-refractivity contribution in [2.75, 3.05) is 5.32 Å². The van der Waals surface area contributed by atoms with Gasteiger partial charge in [0.1, 0.15) is 11.5 Å². The lowest BCUT2D eigenvalue weighted by Crippen LogP contribution is -2.25. The molecule has 0 fully saturated rings. The Morgan fingerprint density at radius 3 is 2.58 bits per heavy atom. The summed E-state index contributed by atoms with van der Waals surface area (Å²) in [5, 5.41) is 28.6. The Balaban J connectivity index is 1.76. The first-order chi connectivity index (χ1) is 14.7. The Hall–Kier alpha value is -4.35. The number of nitro benzene ring substituents is 1. The van der Waals surface area contributed by atoms with Crippen molar-refractivity contribution in [1.82, 2.24) is 14.8 Å². The lowest BCUT2D eigenvalue weighted by Gasteiger charge is -2.13. The third-order valence-corrected chi connectivity index (χ3v) is 4.29. The minimum absolute atomic E-state index is 0.0967. The molecule has 2 heterocycles. The molecule has 3 rings (SSSR count). The largest absolute Gasteiger partial charge is 0.455 e. The first-order valence-electron chi connectivity index (χ1n) is 9.10. The van der Waals surface area contributed by atoms with Crippen LogP contribution in [0.1, 0.15) is 12.6 Å². The van der Waals surface area contributed by atoms with E-state index < -0.39 is 21.7 Å². The van der Waals surface area contributed by atoms with Crippen molar-refractivity contribution in [2.45, 2.75) is 20.4 Å². The van der Waals surface area contributed by atoms with Gasteiger partial charge in [-0.05, 0) is 24.0 Å². The fourth-order valence-electron chi connectivity index (χ4n) is 2.74. The number of hydrogen-bond donors (Lipinski definition) is 1. The van der Waals surface area contributed by atoms with Crippen LogP contribution in [0.15, 0.2) is 48.8 Å². The van der Waals surface area contributed by atoms with Gasteiger partial charge in [-0.3, -0.25) is 19.9 Å². The van der Waals surface area contributed by atoms with Gasteiger partial charge in [0.25, 0.3) is 5.69 Å². The van der Waals surface area contributed by atoms with Crippen molar-refractivity contribution in [2.24, 2.45) is 5.92 Å². The van der Waals surface area contributed by atoms with Crippen molar-refractivity contribution in [3.8, 4) is 11.5 Å². The van der Waals surface area contributed by atoms with Crippen LogP contribution in [0.2, 0.25) is 0 Å². The van der Waals surface area contributed by atoms with Gasteiger partial charge >= 0.3 is 5.82 Å². The summed E-state index contributed by atoms with van der Waals surface area (Å²) < 4.78 is 6.96. The van der Waals surface area contributed by atoms with Crippen molar-refractivity contribution < 1.29 is 19.4 Å². The zero-order valence-electron chi connectivity index (χ0n) is 16.6. The second kappa shape index (κ2) is 8.98. The third-order valence-electron chi connectivity index (χ3n) is 4.29. The zero-order valence-corrected chi connectivity index (χ0v) is 16.6. The van der Waals surface area contributed by atoms with Crippen LogP contribution < -0.4 is 10.1 Å². The molecule has 0 saturated heterocycles. The monoisotopic (exact) mass is 426 g/mol. The minimum atomic E-state index is -0.625. The van der Waals surface area contributed by atoms with E-state index >= 15 is 0 Å². The van der Waals surface area contributed by atoms with E-state index in [2.05, 4.69) is 15.4 Å². The average Bonchev–Trinajstić information content (AvgIpc) is 3.09. The number of hydrogen-bond acceptors (Lipinski definition) is 8.